The number of carbonyl (C=O) groups excluding carboxylic acids is 1. The lowest BCUT2D eigenvalue weighted by Gasteiger charge is -2.05. The smallest absolute Gasteiger partial charge is 0.269 e. The Labute approximate surface area is 139 Å². The van der Waals surface area contributed by atoms with Crippen molar-refractivity contribution in [2.45, 2.75) is 12.2 Å². The van der Waals surface area contributed by atoms with Crippen molar-refractivity contribution in [2.75, 3.05) is 12.3 Å². The number of nitro groups is 1. The average Bonchev–Trinajstić information content (AvgIpc) is 2.56. The summed E-state index contributed by atoms with van der Waals surface area (Å²) in [6, 6.07) is 16.4. The van der Waals surface area contributed by atoms with E-state index in [0.717, 1.165) is 12.0 Å². The Balaban J connectivity index is 1.63. The Hall–Kier alpha value is -2.34. The predicted molar refractivity (Wildman–Crippen MR) is 92.4 cm³/mol. The summed E-state index contributed by atoms with van der Waals surface area (Å²) in [5.74, 6) is 1.04. The topological polar surface area (TPSA) is 72.2 Å². The van der Waals surface area contributed by atoms with Crippen molar-refractivity contribution in [3.8, 4) is 0 Å². The van der Waals surface area contributed by atoms with Crippen LogP contribution < -0.4 is 5.32 Å². The number of rotatable bonds is 8. The first-order chi connectivity index (χ1) is 11.1. The lowest BCUT2D eigenvalue weighted by atomic mass is 10.1. The van der Waals surface area contributed by atoms with Gasteiger partial charge in [0.15, 0.2) is 0 Å². The van der Waals surface area contributed by atoms with Crippen molar-refractivity contribution < 1.29 is 9.72 Å². The summed E-state index contributed by atoms with van der Waals surface area (Å²) >= 11 is 1.49. The van der Waals surface area contributed by atoms with Crippen LogP contribution in [-0.4, -0.2) is 23.1 Å². The summed E-state index contributed by atoms with van der Waals surface area (Å²) in [5, 5.41) is 13.5. The van der Waals surface area contributed by atoms with Crippen molar-refractivity contribution in [1.29, 1.82) is 0 Å². The fourth-order valence-electron chi connectivity index (χ4n) is 2.02. The average molecular weight is 330 g/mol. The maximum Gasteiger partial charge on any atom is 0.269 e. The van der Waals surface area contributed by atoms with E-state index >= 15 is 0 Å². The number of nitrogens with zero attached hydrogens (tertiary/aromatic N) is 1. The highest BCUT2D eigenvalue weighted by Gasteiger charge is 2.05. The first-order valence-electron chi connectivity index (χ1n) is 7.27. The van der Waals surface area contributed by atoms with Crippen molar-refractivity contribution in [3.05, 3.63) is 75.8 Å². The lowest BCUT2D eigenvalue weighted by Crippen LogP contribution is -2.27. The Bertz CT molecular complexity index is 645. The Morgan fingerprint density at radius 2 is 1.74 bits per heavy atom. The largest absolute Gasteiger partial charge is 0.355 e. The van der Waals surface area contributed by atoms with Gasteiger partial charge >= 0.3 is 0 Å². The monoisotopic (exact) mass is 330 g/mol. The molecular formula is C17H18N2O3S. The van der Waals surface area contributed by atoms with Crippen molar-refractivity contribution in [1.82, 2.24) is 5.32 Å². The number of non-ortho nitro benzene ring substituents is 1. The Morgan fingerprint density at radius 3 is 2.39 bits per heavy atom. The van der Waals surface area contributed by atoms with E-state index in [1.165, 1.54) is 29.5 Å². The van der Waals surface area contributed by atoms with Crippen LogP contribution in [0.15, 0.2) is 54.6 Å². The molecular weight excluding hydrogens is 312 g/mol. The number of hydrogen-bond donors (Lipinski definition) is 1. The van der Waals surface area contributed by atoms with Crippen LogP contribution >= 0.6 is 11.8 Å². The van der Waals surface area contributed by atoms with Gasteiger partial charge in [-0.1, -0.05) is 42.5 Å². The molecule has 0 aliphatic rings. The number of nitrogens with one attached hydrogen (secondary N) is 1. The van der Waals surface area contributed by atoms with Crippen molar-refractivity contribution in [2.24, 2.45) is 0 Å². The molecule has 6 heteroatoms. The summed E-state index contributed by atoms with van der Waals surface area (Å²) in [6.45, 7) is 0.626. The van der Waals surface area contributed by atoms with E-state index in [0.29, 0.717) is 18.1 Å². The second kappa shape index (κ2) is 8.95. The van der Waals surface area contributed by atoms with Gasteiger partial charge in [0.2, 0.25) is 5.91 Å². The fraction of sp³-hybridized carbons (Fsp3) is 0.235. The van der Waals surface area contributed by atoms with E-state index in [-0.39, 0.29) is 11.6 Å². The summed E-state index contributed by atoms with van der Waals surface area (Å²) in [4.78, 5) is 21.9. The van der Waals surface area contributed by atoms with Gasteiger partial charge in [0.25, 0.3) is 5.69 Å². The molecule has 0 aliphatic carbocycles. The van der Waals surface area contributed by atoms with Crippen LogP contribution in [0.1, 0.15) is 11.1 Å². The molecule has 0 aromatic heterocycles. The summed E-state index contributed by atoms with van der Waals surface area (Å²) in [6.07, 6.45) is 0.819. The van der Waals surface area contributed by atoms with Crippen LogP contribution in [0.2, 0.25) is 0 Å². The van der Waals surface area contributed by atoms with Gasteiger partial charge in [0, 0.05) is 24.4 Å². The van der Waals surface area contributed by atoms with E-state index in [2.05, 4.69) is 5.32 Å². The molecule has 2 rings (SSSR count). The molecule has 0 unspecified atom stereocenters. The number of hydrogen-bond acceptors (Lipinski definition) is 4. The van der Waals surface area contributed by atoms with Gasteiger partial charge in [-0.2, -0.15) is 0 Å². The molecule has 1 N–H and O–H groups in total. The molecule has 0 atom stereocenters. The van der Waals surface area contributed by atoms with Crippen LogP contribution in [-0.2, 0) is 17.0 Å². The molecule has 1 amide bonds. The zero-order chi connectivity index (χ0) is 16.5. The SMILES string of the molecule is O=C(CSCc1ccc([N+](=O)[O-])cc1)NCCc1ccccc1. The highest BCUT2D eigenvalue weighted by molar-refractivity contribution is 7.99. The van der Waals surface area contributed by atoms with Gasteiger partial charge in [-0.05, 0) is 17.5 Å². The molecule has 0 fully saturated rings. The van der Waals surface area contributed by atoms with E-state index in [9.17, 15) is 14.9 Å². The second-order valence-electron chi connectivity index (χ2n) is 5.00. The Kier molecular flexibility index (Phi) is 6.62. The van der Waals surface area contributed by atoms with Gasteiger partial charge in [-0.15, -0.1) is 11.8 Å². The minimum atomic E-state index is -0.420. The zero-order valence-electron chi connectivity index (χ0n) is 12.6. The van der Waals surface area contributed by atoms with Crippen LogP contribution in [0, 0.1) is 10.1 Å². The van der Waals surface area contributed by atoms with Crippen LogP contribution in [0.25, 0.3) is 0 Å². The molecule has 0 aliphatic heterocycles. The van der Waals surface area contributed by atoms with Gasteiger partial charge in [0.05, 0.1) is 10.7 Å². The van der Waals surface area contributed by atoms with Gasteiger partial charge < -0.3 is 5.32 Å². The van der Waals surface area contributed by atoms with Crippen molar-refractivity contribution in [3.63, 3.8) is 0 Å². The number of thioether (sulfide) groups is 1. The van der Waals surface area contributed by atoms with Crippen LogP contribution in [0.3, 0.4) is 0 Å². The van der Waals surface area contributed by atoms with Crippen molar-refractivity contribution >= 4 is 23.4 Å². The van der Waals surface area contributed by atoms with Gasteiger partial charge in [-0.3, -0.25) is 14.9 Å². The molecule has 2 aromatic carbocycles. The first kappa shape index (κ1) is 17.0. The molecule has 23 heavy (non-hydrogen) atoms. The second-order valence-corrected chi connectivity index (χ2v) is 5.99. The van der Waals surface area contributed by atoms with E-state index in [1.807, 2.05) is 30.3 Å². The van der Waals surface area contributed by atoms with Gasteiger partial charge in [0.1, 0.15) is 0 Å². The lowest BCUT2D eigenvalue weighted by molar-refractivity contribution is -0.384. The van der Waals surface area contributed by atoms with E-state index in [1.54, 1.807) is 12.1 Å². The standard InChI is InChI=1S/C17H18N2O3S/c20-17(18-11-10-14-4-2-1-3-5-14)13-23-12-15-6-8-16(9-7-15)19(21)22/h1-9H,10-13H2,(H,18,20). The molecule has 0 spiro atoms. The number of carbonyl (C=O) groups is 1. The quantitative estimate of drug-likeness (QED) is 0.596. The minimum Gasteiger partial charge on any atom is -0.355 e. The predicted octanol–water partition coefficient (Wildman–Crippen LogP) is 3.19. The fourth-order valence-corrected chi connectivity index (χ4v) is 2.84. The van der Waals surface area contributed by atoms with Crippen LogP contribution in [0.4, 0.5) is 5.69 Å². The molecule has 0 radical (unpaired) electrons. The van der Waals surface area contributed by atoms with Crippen LogP contribution in [0.5, 0.6) is 0 Å². The highest BCUT2D eigenvalue weighted by Crippen LogP contribution is 2.16. The number of nitro benzene ring substituents is 1. The summed E-state index contributed by atoms with van der Waals surface area (Å²) < 4.78 is 0. The summed E-state index contributed by atoms with van der Waals surface area (Å²) in [7, 11) is 0. The highest BCUT2D eigenvalue weighted by atomic mass is 32.2. The molecule has 0 saturated carbocycles. The first-order valence-corrected chi connectivity index (χ1v) is 8.42. The normalized spacial score (nSPS) is 10.3. The molecule has 0 saturated heterocycles. The third-order valence-corrected chi connectivity index (χ3v) is 4.23. The van der Waals surface area contributed by atoms with E-state index < -0.39 is 4.92 Å². The maximum atomic E-state index is 11.7. The molecule has 2 aromatic rings. The zero-order valence-corrected chi connectivity index (χ0v) is 13.4. The molecule has 120 valence electrons. The molecule has 0 bridgehead atoms. The third-order valence-electron chi connectivity index (χ3n) is 3.23. The maximum absolute atomic E-state index is 11.7. The molecule has 0 heterocycles. The number of benzene rings is 2. The third kappa shape index (κ3) is 6.12. The van der Waals surface area contributed by atoms with E-state index in [4.69, 9.17) is 0 Å². The minimum absolute atomic E-state index is 0.00726. The van der Waals surface area contributed by atoms with Gasteiger partial charge in [-0.25, -0.2) is 0 Å². The summed E-state index contributed by atoms with van der Waals surface area (Å²) in [5.41, 5.74) is 2.25. The number of amides is 1. The Morgan fingerprint density at radius 1 is 1.04 bits per heavy atom. The molecule has 5 nitrogen and oxygen atoms in total.